The summed E-state index contributed by atoms with van der Waals surface area (Å²) in [7, 11) is 0. The van der Waals surface area contributed by atoms with Gasteiger partial charge in [-0.2, -0.15) is 0 Å². The molecule has 0 saturated heterocycles. The van der Waals surface area contributed by atoms with E-state index < -0.39 is 0 Å². The molecule has 0 aromatic heterocycles. The van der Waals surface area contributed by atoms with Crippen molar-refractivity contribution < 1.29 is 4.74 Å². The SMILES string of the molecule is CCOc1ccccc1NC(=S)N[C@@H](CC(C)C)c1ccccc1. The number of ether oxygens (including phenoxy) is 1. The Morgan fingerprint density at radius 2 is 1.71 bits per heavy atom. The number of para-hydroxylation sites is 2. The van der Waals surface area contributed by atoms with E-state index in [2.05, 4.69) is 48.7 Å². The summed E-state index contributed by atoms with van der Waals surface area (Å²) in [6, 6.07) is 18.4. The van der Waals surface area contributed by atoms with Crippen LogP contribution >= 0.6 is 12.2 Å². The maximum absolute atomic E-state index is 5.64. The Kier molecular flexibility index (Phi) is 7.07. The molecule has 2 N–H and O–H groups in total. The van der Waals surface area contributed by atoms with Crippen molar-refractivity contribution in [3.8, 4) is 5.75 Å². The van der Waals surface area contributed by atoms with Gasteiger partial charge >= 0.3 is 0 Å². The lowest BCUT2D eigenvalue weighted by Crippen LogP contribution is -2.33. The van der Waals surface area contributed by atoms with E-state index in [-0.39, 0.29) is 6.04 Å². The van der Waals surface area contributed by atoms with Gasteiger partial charge in [-0.05, 0) is 49.2 Å². The van der Waals surface area contributed by atoms with Crippen LogP contribution < -0.4 is 15.4 Å². The summed E-state index contributed by atoms with van der Waals surface area (Å²) in [5.41, 5.74) is 2.13. The molecule has 0 bridgehead atoms. The molecule has 0 saturated carbocycles. The average molecular weight is 343 g/mol. The minimum atomic E-state index is 0.186. The van der Waals surface area contributed by atoms with Crippen molar-refractivity contribution in [1.29, 1.82) is 0 Å². The van der Waals surface area contributed by atoms with E-state index >= 15 is 0 Å². The monoisotopic (exact) mass is 342 g/mol. The summed E-state index contributed by atoms with van der Waals surface area (Å²) in [6.07, 6.45) is 1.01. The Morgan fingerprint density at radius 1 is 1.04 bits per heavy atom. The molecular formula is C20H26N2OS. The summed E-state index contributed by atoms with van der Waals surface area (Å²) in [6.45, 7) is 7.04. The van der Waals surface area contributed by atoms with Crippen LogP contribution in [-0.4, -0.2) is 11.7 Å². The molecule has 24 heavy (non-hydrogen) atoms. The van der Waals surface area contributed by atoms with Gasteiger partial charge in [0.15, 0.2) is 5.11 Å². The molecule has 2 aromatic carbocycles. The highest BCUT2D eigenvalue weighted by atomic mass is 32.1. The Balaban J connectivity index is 2.08. The molecule has 2 rings (SSSR count). The topological polar surface area (TPSA) is 33.3 Å². The maximum atomic E-state index is 5.64. The van der Waals surface area contributed by atoms with Crippen LogP contribution in [0.25, 0.3) is 0 Å². The van der Waals surface area contributed by atoms with Crippen molar-refractivity contribution in [2.24, 2.45) is 5.92 Å². The highest BCUT2D eigenvalue weighted by molar-refractivity contribution is 7.80. The van der Waals surface area contributed by atoms with Crippen molar-refractivity contribution >= 4 is 23.0 Å². The van der Waals surface area contributed by atoms with Gasteiger partial charge in [0.2, 0.25) is 0 Å². The number of thiocarbonyl (C=S) groups is 1. The van der Waals surface area contributed by atoms with Gasteiger partial charge in [0.25, 0.3) is 0 Å². The molecule has 3 nitrogen and oxygen atoms in total. The number of nitrogens with one attached hydrogen (secondary N) is 2. The maximum Gasteiger partial charge on any atom is 0.171 e. The summed E-state index contributed by atoms with van der Waals surface area (Å²) >= 11 is 5.53. The summed E-state index contributed by atoms with van der Waals surface area (Å²) in [5, 5.41) is 7.32. The predicted octanol–water partition coefficient (Wildman–Crippen LogP) is 5.16. The molecule has 0 fully saturated rings. The lowest BCUT2D eigenvalue weighted by molar-refractivity contribution is 0.342. The molecule has 0 radical (unpaired) electrons. The fourth-order valence-corrected chi connectivity index (χ4v) is 2.86. The summed E-state index contributed by atoms with van der Waals surface area (Å²) < 4.78 is 5.64. The number of rotatable bonds is 7. The van der Waals surface area contributed by atoms with Crippen LogP contribution in [-0.2, 0) is 0 Å². The van der Waals surface area contributed by atoms with Crippen molar-refractivity contribution in [3.05, 3.63) is 60.2 Å². The van der Waals surface area contributed by atoms with Crippen molar-refractivity contribution in [2.75, 3.05) is 11.9 Å². The van der Waals surface area contributed by atoms with Crippen molar-refractivity contribution in [2.45, 2.75) is 33.2 Å². The second-order valence-electron chi connectivity index (χ2n) is 6.12. The molecule has 0 heterocycles. The zero-order chi connectivity index (χ0) is 17.4. The zero-order valence-electron chi connectivity index (χ0n) is 14.6. The van der Waals surface area contributed by atoms with Crippen LogP contribution in [0.1, 0.15) is 38.8 Å². The van der Waals surface area contributed by atoms with E-state index in [4.69, 9.17) is 17.0 Å². The molecule has 0 unspecified atom stereocenters. The molecule has 0 aliphatic heterocycles. The van der Waals surface area contributed by atoms with Crippen LogP contribution in [0.4, 0.5) is 5.69 Å². The standard InChI is InChI=1S/C20H26N2OS/c1-4-23-19-13-9-8-12-17(19)21-20(24)22-18(14-15(2)3)16-10-6-5-7-11-16/h5-13,15,18H,4,14H2,1-3H3,(H2,21,22,24)/t18-/m0/s1. The van der Waals surface area contributed by atoms with E-state index in [1.165, 1.54) is 5.56 Å². The van der Waals surface area contributed by atoms with Crippen molar-refractivity contribution in [3.63, 3.8) is 0 Å². The highest BCUT2D eigenvalue weighted by Crippen LogP contribution is 2.25. The normalized spacial score (nSPS) is 11.8. The number of benzene rings is 2. The number of anilines is 1. The molecule has 4 heteroatoms. The Hall–Kier alpha value is -2.07. The zero-order valence-corrected chi connectivity index (χ0v) is 15.4. The third kappa shape index (κ3) is 5.53. The molecule has 0 amide bonds. The van der Waals surface area contributed by atoms with Gasteiger partial charge in [-0.15, -0.1) is 0 Å². The first-order valence-electron chi connectivity index (χ1n) is 8.44. The second-order valence-corrected chi connectivity index (χ2v) is 6.53. The minimum Gasteiger partial charge on any atom is -0.492 e. The first-order chi connectivity index (χ1) is 11.6. The minimum absolute atomic E-state index is 0.186. The summed E-state index contributed by atoms with van der Waals surface area (Å²) in [4.78, 5) is 0. The second kappa shape index (κ2) is 9.28. The average Bonchev–Trinajstić information content (AvgIpc) is 2.57. The van der Waals surface area contributed by atoms with E-state index in [1.54, 1.807) is 0 Å². The van der Waals surface area contributed by atoms with E-state index in [1.807, 2.05) is 37.3 Å². The van der Waals surface area contributed by atoms with E-state index in [0.29, 0.717) is 17.6 Å². The molecule has 2 aromatic rings. The van der Waals surface area contributed by atoms with Gasteiger partial charge in [0.1, 0.15) is 5.75 Å². The summed E-state index contributed by atoms with van der Waals surface area (Å²) in [5.74, 6) is 1.38. The van der Waals surface area contributed by atoms with Gasteiger partial charge < -0.3 is 15.4 Å². The van der Waals surface area contributed by atoms with Crippen LogP contribution in [0.15, 0.2) is 54.6 Å². The quantitative estimate of drug-likeness (QED) is 0.681. The molecular weight excluding hydrogens is 316 g/mol. The van der Waals surface area contributed by atoms with E-state index in [0.717, 1.165) is 17.9 Å². The lowest BCUT2D eigenvalue weighted by atomic mass is 9.97. The highest BCUT2D eigenvalue weighted by Gasteiger charge is 2.15. The Morgan fingerprint density at radius 3 is 2.38 bits per heavy atom. The lowest BCUT2D eigenvalue weighted by Gasteiger charge is -2.23. The number of hydrogen-bond acceptors (Lipinski definition) is 2. The smallest absolute Gasteiger partial charge is 0.171 e. The predicted molar refractivity (Wildman–Crippen MR) is 106 cm³/mol. The largest absolute Gasteiger partial charge is 0.492 e. The van der Waals surface area contributed by atoms with E-state index in [9.17, 15) is 0 Å². The molecule has 0 aliphatic carbocycles. The third-order valence-electron chi connectivity index (χ3n) is 3.65. The van der Waals surface area contributed by atoms with Gasteiger partial charge in [0.05, 0.1) is 18.3 Å². The molecule has 1 atom stereocenters. The van der Waals surface area contributed by atoms with Gasteiger partial charge in [-0.3, -0.25) is 0 Å². The van der Waals surface area contributed by atoms with Gasteiger partial charge in [-0.1, -0.05) is 56.3 Å². The molecule has 0 spiro atoms. The van der Waals surface area contributed by atoms with Crippen LogP contribution in [0, 0.1) is 5.92 Å². The van der Waals surface area contributed by atoms with Crippen molar-refractivity contribution in [1.82, 2.24) is 5.32 Å². The fraction of sp³-hybridized carbons (Fsp3) is 0.350. The van der Waals surface area contributed by atoms with Gasteiger partial charge in [-0.25, -0.2) is 0 Å². The molecule has 128 valence electrons. The molecule has 0 aliphatic rings. The van der Waals surface area contributed by atoms with Crippen LogP contribution in [0.3, 0.4) is 0 Å². The third-order valence-corrected chi connectivity index (χ3v) is 3.87. The fourth-order valence-electron chi connectivity index (χ4n) is 2.60. The Labute approximate surface area is 150 Å². The van der Waals surface area contributed by atoms with Gasteiger partial charge in [0, 0.05) is 0 Å². The number of hydrogen-bond donors (Lipinski definition) is 2. The first kappa shape index (κ1) is 18.3. The first-order valence-corrected chi connectivity index (χ1v) is 8.85. The Bertz CT molecular complexity index is 643. The van der Waals surface area contributed by atoms with Crippen LogP contribution in [0.5, 0.6) is 5.75 Å². The van der Waals surface area contributed by atoms with Crippen LogP contribution in [0.2, 0.25) is 0 Å².